The van der Waals surface area contributed by atoms with Gasteiger partial charge >= 0.3 is 5.97 Å². The van der Waals surface area contributed by atoms with Gasteiger partial charge in [-0.15, -0.1) is 0 Å². The Morgan fingerprint density at radius 2 is 1.78 bits per heavy atom. The second-order valence-corrected chi connectivity index (χ2v) is 7.06. The van der Waals surface area contributed by atoms with E-state index in [9.17, 15) is 9.59 Å². The van der Waals surface area contributed by atoms with Gasteiger partial charge in [0.2, 0.25) is 0 Å². The van der Waals surface area contributed by atoms with E-state index in [0.29, 0.717) is 27.8 Å². The Labute approximate surface area is 193 Å². The first-order valence-corrected chi connectivity index (χ1v) is 9.81. The van der Waals surface area contributed by atoms with Crippen LogP contribution in [-0.4, -0.2) is 35.6 Å². The summed E-state index contributed by atoms with van der Waals surface area (Å²) in [5.41, 5.74) is 12.3. The van der Waals surface area contributed by atoms with Crippen LogP contribution in [0.5, 0.6) is 5.75 Å². The van der Waals surface area contributed by atoms with Gasteiger partial charge < -0.3 is 20.5 Å². The molecule has 0 unspecified atom stereocenters. The maximum Gasteiger partial charge on any atom is 0.337 e. The average Bonchev–Trinajstić information content (AvgIpc) is 2.79. The maximum atomic E-state index is 12.1. The van der Waals surface area contributed by atoms with Crippen LogP contribution in [0.25, 0.3) is 0 Å². The lowest BCUT2D eigenvalue weighted by molar-refractivity contribution is -0.122. The quantitative estimate of drug-likeness (QED) is 0.284. The number of amides is 1. The second-order valence-electron chi connectivity index (χ2n) is 6.22. The van der Waals surface area contributed by atoms with Crippen LogP contribution >= 0.6 is 23.2 Å². The number of carbonyl (C=O) groups excluding carboxylic acids is 2. The van der Waals surface area contributed by atoms with Gasteiger partial charge in [-0.2, -0.15) is 0 Å². The smallest absolute Gasteiger partial charge is 0.337 e. The molecule has 1 aromatic heterocycles. The summed E-state index contributed by atoms with van der Waals surface area (Å²) in [6, 6.07) is 11.2. The summed E-state index contributed by atoms with van der Waals surface area (Å²) in [4.78, 5) is 31.7. The molecule has 0 saturated carbocycles. The minimum Gasteiger partial charge on any atom is -0.482 e. The van der Waals surface area contributed by atoms with E-state index in [1.54, 1.807) is 36.4 Å². The third-order valence-electron chi connectivity index (χ3n) is 4.03. The van der Waals surface area contributed by atoms with Crippen molar-refractivity contribution in [3.8, 4) is 5.75 Å². The number of nitrogens with zero attached hydrogens (tertiary/aromatic N) is 2. The van der Waals surface area contributed by atoms with E-state index >= 15 is 0 Å². The van der Waals surface area contributed by atoms with Gasteiger partial charge in [-0.3, -0.25) is 15.6 Å². The van der Waals surface area contributed by atoms with E-state index in [2.05, 4.69) is 30.9 Å². The Hall–Kier alpha value is -3.76. The number of anilines is 4. The fourth-order valence-corrected chi connectivity index (χ4v) is 2.90. The van der Waals surface area contributed by atoms with E-state index in [1.807, 2.05) is 0 Å². The summed E-state index contributed by atoms with van der Waals surface area (Å²) in [6.45, 7) is -0.309. The molecule has 166 valence electrons. The molecule has 0 atom stereocenters. The second kappa shape index (κ2) is 10.5. The number of nitrogen functional groups attached to an aromatic ring is 1. The van der Waals surface area contributed by atoms with Crippen LogP contribution in [0, 0.1) is 0 Å². The standard InChI is InChI=1S/C20H18Cl2N6O4/c1-31-20(30)11-2-5-13(6-3-11)26-18-17(23)19(25-10-24-18)28-27-16(29)9-32-15-7-4-12(21)8-14(15)22/h2-8,10H,9,23H2,1H3,(H,27,29)(H2,24,25,26,28). The number of hydrazine groups is 1. The SMILES string of the molecule is COC(=O)c1ccc(Nc2ncnc(NNC(=O)COc3ccc(Cl)cc3Cl)c2N)cc1. The summed E-state index contributed by atoms with van der Waals surface area (Å²) in [7, 11) is 1.31. The number of aromatic nitrogens is 2. The molecule has 0 aliphatic heterocycles. The molecule has 0 saturated heterocycles. The number of ether oxygens (including phenoxy) is 2. The number of rotatable bonds is 8. The lowest BCUT2D eigenvalue weighted by Crippen LogP contribution is -2.34. The van der Waals surface area contributed by atoms with Gasteiger partial charge in [0.15, 0.2) is 18.2 Å². The Bertz CT molecular complexity index is 1130. The molecule has 0 fully saturated rings. The average molecular weight is 477 g/mol. The van der Waals surface area contributed by atoms with Crippen molar-refractivity contribution in [3.05, 3.63) is 64.4 Å². The minimum atomic E-state index is -0.498. The molecule has 32 heavy (non-hydrogen) atoms. The van der Waals surface area contributed by atoms with Crippen LogP contribution in [0.4, 0.5) is 23.0 Å². The zero-order chi connectivity index (χ0) is 23.1. The van der Waals surface area contributed by atoms with Crippen molar-refractivity contribution >= 4 is 58.1 Å². The fraction of sp³-hybridized carbons (Fsp3) is 0.100. The minimum absolute atomic E-state index is 0.159. The lowest BCUT2D eigenvalue weighted by atomic mass is 10.2. The molecule has 0 spiro atoms. The first kappa shape index (κ1) is 22.9. The van der Waals surface area contributed by atoms with Crippen molar-refractivity contribution in [2.75, 3.05) is 30.2 Å². The van der Waals surface area contributed by atoms with Crippen molar-refractivity contribution in [2.24, 2.45) is 0 Å². The van der Waals surface area contributed by atoms with Crippen molar-refractivity contribution in [1.82, 2.24) is 15.4 Å². The van der Waals surface area contributed by atoms with E-state index < -0.39 is 11.9 Å². The van der Waals surface area contributed by atoms with Crippen molar-refractivity contribution < 1.29 is 19.1 Å². The van der Waals surface area contributed by atoms with E-state index in [-0.39, 0.29) is 23.1 Å². The number of benzene rings is 2. The molecular weight excluding hydrogens is 459 g/mol. The van der Waals surface area contributed by atoms with Crippen molar-refractivity contribution in [2.45, 2.75) is 0 Å². The van der Waals surface area contributed by atoms with Gasteiger partial charge in [0.25, 0.3) is 5.91 Å². The Morgan fingerprint density at radius 3 is 2.47 bits per heavy atom. The molecule has 0 aliphatic carbocycles. The molecule has 3 aromatic rings. The Balaban J connectivity index is 1.58. The van der Waals surface area contributed by atoms with Crippen LogP contribution in [-0.2, 0) is 9.53 Å². The first-order chi connectivity index (χ1) is 15.4. The van der Waals surface area contributed by atoms with E-state index in [4.69, 9.17) is 33.7 Å². The van der Waals surface area contributed by atoms with Crippen LogP contribution in [0.15, 0.2) is 48.8 Å². The Morgan fingerprint density at radius 1 is 1.06 bits per heavy atom. The van der Waals surface area contributed by atoms with Crippen molar-refractivity contribution in [3.63, 3.8) is 0 Å². The first-order valence-electron chi connectivity index (χ1n) is 9.06. The molecule has 12 heteroatoms. The highest BCUT2D eigenvalue weighted by molar-refractivity contribution is 6.35. The van der Waals surface area contributed by atoms with Crippen LogP contribution in [0.2, 0.25) is 10.0 Å². The number of halogens is 2. The van der Waals surface area contributed by atoms with Gasteiger partial charge in [-0.1, -0.05) is 23.2 Å². The third kappa shape index (κ3) is 5.90. The topological polar surface area (TPSA) is 140 Å². The van der Waals surface area contributed by atoms with Gasteiger partial charge in [0.1, 0.15) is 17.8 Å². The van der Waals surface area contributed by atoms with Gasteiger partial charge in [0, 0.05) is 10.7 Å². The largest absolute Gasteiger partial charge is 0.482 e. The molecule has 10 nitrogen and oxygen atoms in total. The highest BCUT2D eigenvalue weighted by atomic mass is 35.5. The molecule has 0 radical (unpaired) electrons. The van der Waals surface area contributed by atoms with Gasteiger partial charge in [-0.05, 0) is 42.5 Å². The molecule has 0 aliphatic rings. The maximum absolute atomic E-state index is 12.1. The number of esters is 1. The Kier molecular flexibility index (Phi) is 7.53. The predicted octanol–water partition coefficient (Wildman–Crippen LogP) is 3.42. The number of nitrogens with one attached hydrogen (secondary N) is 3. The van der Waals surface area contributed by atoms with Gasteiger partial charge in [0.05, 0.1) is 17.7 Å². The van der Waals surface area contributed by atoms with E-state index in [1.165, 1.54) is 19.5 Å². The summed E-state index contributed by atoms with van der Waals surface area (Å²) >= 11 is 11.8. The summed E-state index contributed by atoms with van der Waals surface area (Å²) in [5.74, 6) is -0.152. The van der Waals surface area contributed by atoms with E-state index in [0.717, 1.165) is 0 Å². The molecule has 3 rings (SSSR count). The van der Waals surface area contributed by atoms with Gasteiger partial charge in [-0.25, -0.2) is 14.8 Å². The number of nitrogens with two attached hydrogens (primary N) is 1. The normalized spacial score (nSPS) is 10.2. The zero-order valence-corrected chi connectivity index (χ0v) is 18.2. The fourth-order valence-electron chi connectivity index (χ4n) is 2.44. The van der Waals surface area contributed by atoms with Crippen LogP contribution in [0.3, 0.4) is 0 Å². The molecule has 1 heterocycles. The monoisotopic (exact) mass is 476 g/mol. The number of carbonyl (C=O) groups is 2. The third-order valence-corrected chi connectivity index (χ3v) is 4.56. The molecule has 5 N–H and O–H groups in total. The molecule has 2 aromatic carbocycles. The lowest BCUT2D eigenvalue weighted by Gasteiger charge is -2.14. The molecule has 1 amide bonds. The number of methoxy groups -OCH3 is 1. The van der Waals surface area contributed by atoms with Crippen LogP contribution < -0.4 is 26.6 Å². The summed E-state index contributed by atoms with van der Waals surface area (Å²) < 4.78 is 10.0. The highest BCUT2D eigenvalue weighted by Gasteiger charge is 2.11. The highest BCUT2D eigenvalue weighted by Crippen LogP contribution is 2.28. The number of hydrogen-bond acceptors (Lipinski definition) is 9. The summed E-state index contributed by atoms with van der Waals surface area (Å²) in [5, 5.41) is 3.75. The zero-order valence-electron chi connectivity index (χ0n) is 16.7. The molecular formula is C20H18Cl2N6O4. The van der Waals surface area contributed by atoms with Crippen LogP contribution in [0.1, 0.15) is 10.4 Å². The summed E-state index contributed by atoms with van der Waals surface area (Å²) in [6.07, 6.45) is 1.26. The van der Waals surface area contributed by atoms with Crippen molar-refractivity contribution in [1.29, 1.82) is 0 Å². The molecule has 0 bridgehead atoms. The number of hydrogen-bond donors (Lipinski definition) is 4. The predicted molar refractivity (Wildman–Crippen MR) is 121 cm³/mol.